The van der Waals surface area contributed by atoms with Gasteiger partial charge < -0.3 is 15.2 Å². The molecule has 9 heteroatoms. The maximum atomic E-state index is 11.8. The number of carbonyl (C=O) groups excluding carboxylic acids is 1. The molecule has 2 aliphatic carbocycles. The zero-order valence-electron chi connectivity index (χ0n) is 16.9. The summed E-state index contributed by atoms with van der Waals surface area (Å²) >= 11 is 7.86. The molecule has 0 spiro atoms. The summed E-state index contributed by atoms with van der Waals surface area (Å²) in [5.41, 5.74) is 6.72. The molecule has 30 heavy (non-hydrogen) atoms. The number of nitrogens with zero attached hydrogens (tertiary/aromatic N) is 3. The third-order valence-corrected chi connectivity index (χ3v) is 8.09. The number of amides is 1. The van der Waals surface area contributed by atoms with E-state index in [1.54, 1.807) is 11.3 Å². The molecular formula is C21H27ClN4O3S. The number of fused-ring (bicyclic) bond motifs is 3. The number of hydrogen-bond donors (Lipinski definition) is 1. The standard InChI is InChI=1S/C21H27ClN4O3S/c22-21-24-19(29-14-4-2-13(3-5-14)26-7-9-28-10-8-26)17-15-11-12(18(23)27)1-6-16(15)30-20(17)25-21/h12-14H,1-11H2,(H2,23,27)/t12-,13?,14?/m1/s1. The minimum atomic E-state index is -0.237. The highest BCUT2D eigenvalue weighted by atomic mass is 35.5. The first-order valence-electron chi connectivity index (χ1n) is 10.8. The summed E-state index contributed by atoms with van der Waals surface area (Å²) in [4.78, 5) is 25.3. The van der Waals surface area contributed by atoms with Crippen LogP contribution in [0.25, 0.3) is 10.2 Å². The Morgan fingerprint density at radius 3 is 2.67 bits per heavy atom. The molecule has 2 fully saturated rings. The van der Waals surface area contributed by atoms with E-state index in [4.69, 9.17) is 26.8 Å². The molecule has 0 bridgehead atoms. The van der Waals surface area contributed by atoms with Crippen LogP contribution in [0.4, 0.5) is 0 Å². The van der Waals surface area contributed by atoms with Crippen molar-refractivity contribution in [3.05, 3.63) is 15.7 Å². The van der Waals surface area contributed by atoms with Crippen LogP contribution in [0.3, 0.4) is 0 Å². The maximum absolute atomic E-state index is 11.8. The lowest BCUT2D eigenvalue weighted by molar-refractivity contribution is -0.122. The number of hydrogen-bond acceptors (Lipinski definition) is 7. The van der Waals surface area contributed by atoms with Crippen molar-refractivity contribution in [2.75, 3.05) is 26.3 Å². The van der Waals surface area contributed by atoms with Gasteiger partial charge in [-0.3, -0.25) is 9.69 Å². The van der Waals surface area contributed by atoms with Crippen LogP contribution in [0.1, 0.15) is 42.5 Å². The summed E-state index contributed by atoms with van der Waals surface area (Å²) in [5.74, 6) is 0.198. The molecule has 0 radical (unpaired) electrons. The van der Waals surface area contributed by atoms with Gasteiger partial charge in [-0.2, -0.15) is 4.98 Å². The van der Waals surface area contributed by atoms with Crippen LogP contribution in [-0.2, 0) is 22.4 Å². The van der Waals surface area contributed by atoms with Gasteiger partial charge in [0.1, 0.15) is 10.9 Å². The summed E-state index contributed by atoms with van der Waals surface area (Å²) in [7, 11) is 0. The largest absolute Gasteiger partial charge is 0.474 e. The number of aryl methyl sites for hydroxylation is 1. The summed E-state index contributed by atoms with van der Waals surface area (Å²) < 4.78 is 11.9. The van der Waals surface area contributed by atoms with E-state index < -0.39 is 0 Å². The van der Waals surface area contributed by atoms with E-state index in [-0.39, 0.29) is 23.2 Å². The molecule has 2 N–H and O–H groups in total. The van der Waals surface area contributed by atoms with Gasteiger partial charge in [-0.1, -0.05) is 0 Å². The topological polar surface area (TPSA) is 90.6 Å². The summed E-state index contributed by atoms with van der Waals surface area (Å²) in [6.45, 7) is 3.73. The van der Waals surface area contributed by atoms with E-state index in [1.807, 2.05) is 0 Å². The monoisotopic (exact) mass is 450 g/mol. The Labute approximate surface area is 184 Å². The van der Waals surface area contributed by atoms with Gasteiger partial charge in [0, 0.05) is 29.9 Å². The Bertz CT molecular complexity index is 938. The molecule has 162 valence electrons. The van der Waals surface area contributed by atoms with Crippen molar-refractivity contribution in [1.29, 1.82) is 0 Å². The minimum absolute atomic E-state index is 0.127. The van der Waals surface area contributed by atoms with Crippen LogP contribution in [-0.4, -0.2) is 59.2 Å². The van der Waals surface area contributed by atoms with Gasteiger partial charge in [-0.15, -0.1) is 11.3 Å². The quantitative estimate of drug-likeness (QED) is 0.720. The van der Waals surface area contributed by atoms with E-state index in [2.05, 4.69) is 14.9 Å². The second-order valence-electron chi connectivity index (χ2n) is 8.52. The van der Waals surface area contributed by atoms with Crippen molar-refractivity contribution in [1.82, 2.24) is 14.9 Å². The SMILES string of the molecule is NC(=O)[C@@H]1CCc2sc3nc(Cl)nc(OC4CCC(N5CCOCC5)CC4)c3c2C1. The minimum Gasteiger partial charge on any atom is -0.474 e. The van der Waals surface area contributed by atoms with Crippen LogP contribution in [0.5, 0.6) is 5.88 Å². The number of halogens is 1. The van der Waals surface area contributed by atoms with Crippen molar-refractivity contribution in [2.24, 2.45) is 11.7 Å². The normalized spacial score (nSPS) is 27.7. The molecule has 2 aromatic rings. The molecule has 3 heterocycles. The van der Waals surface area contributed by atoms with Crippen molar-refractivity contribution in [2.45, 2.75) is 57.1 Å². The van der Waals surface area contributed by atoms with Gasteiger partial charge in [-0.05, 0) is 62.1 Å². The average Bonchev–Trinajstić information content (AvgIpc) is 3.12. The Morgan fingerprint density at radius 1 is 1.17 bits per heavy atom. The number of primary amides is 1. The molecule has 1 saturated heterocycles. The third-order valence-electron chi connectivity index (χ3n) is 6.73. The first kappa shape index (κ1) is 20.4. The second kappa shape index (κ2) is 8.57. The molecule has 7 nitrogen and oxygen atoms in total. The first-order chi connectivity index (χ1) is 14.6. The van der Waals surface area contributed by atoms with Gasteiger partial charge in [0.25, 0.3) is 0 Å². The van der Waals surface area contributed by atoms with E-state index in [9.17, 15) is 4.79 Å². The second-order valence-corrected chi connectivity index (χ2v) is 9.94. The van der Waals surface area contributed by atoms with Crippen LogP contribution in [0.2, 0.25) is 5.28 Å². The fraction of sp³-hybridized carbons (Fsp3) is 0.667. The lowest BCUT2D eigenvalue weighted by atomic mass is 9.87. The summed E-state index contributed by atoms with van der Waals surface area (Å²) in [5, 5.41) is 1.14. The van der Waals surface area contributed by atoms with E-state index in [1.165, 1.54) is 4.88 Å². The fourth-order valence-electron chi connectivity index (χ4n) is 5.07. The number of nitrogens with two attached hydrogens (primary N) is 1. The van der Waals surface area contributed by atoms with Gasteiger partial charge >= 0.3 is 0 Å². The van der Waals surface area contributed by atoms with Gasteiger partial charge in [0.2, 0.25) is 17.1 Å². The van der Waals surface area contributed by atoms with Crippen molar-refractivity contribution in [3.63, 3.8) is 0 Å². The van der Waals surface area contributed by atoms with Gasteiger partial charge in [-0.25, -0.2) is 4.98 Å². The number of carbonyl (C=O) groups is 1. The zero-order chi connectivity index (χ0) is 20.7. The smallest absolute Gasteiger partial charge is 0.227 e. The summed E-state index contributed by atoms with van der Waals surface area (Å²) in [6, 6.07) is 0.619. The average molecular weight is 451 g/mol. The van der Waals surface area contributed by atoms with Gasteiger partial charge in [0.05, 0.1) is 18.6 Å². The first-order valence-corrected chi connectivity index (χ1v) is 12.0. The molecule has 5 rings (SSSR count). The Kier molecular flexibility index (Phi) is 5.84. The van der Waals surface area contributed by atoms with Crippen LogP contribution >= 0.6 is 22.9 Å². The molecule has 0 unspecified atom stereocenters. The van der Waals surface area contributed by atoms with E-state index >= 15 is 0 Å². The lowest BCUT2D eigenvalue weighted by Gasteiger charge is -2.38. The molecule has 1 aliphatic heterocycles. The number of aromatic nitrogens is 2. The van der Waals surface area contributed by atoms with Crippen LogP contribution in [0.15, 0.2) is 0 Å². The number of morpholine rings is 1. The van der Waals surface area contributed by atoms with Crippen molar-refractivity contribution < 1.29 is 14.3 Å². The lowest BCUT2D eigenvalue weighted by Crippen LogP contribution is -2.46. The molecule has 1 atom stereocenters. The zero-order valence-corrected chi connectivity index (χ0v) is 18.5. The van der Waals surface area contributed by atoms with E-state index in [0.717, 1.165) is 80.6 Å². The molecule has 2 aromatic heterocycles. The number of thiophene rings is 1. The number of rotatable bonds is 4. The molecule has 1 amide bonds. The highest BCUT2D eigenvalue weighted by Crippen LogP contribution is 2.42. The fourth-order valence-corrected chi connectivity index (χ4v) is 6.49. The molecule has 1 saturated carbocycles. The Hall–Kier alpha value is -1.48. The van der Waals surface area contributed by atoms with Crippen LogP contribution in [0, 0.1) is 5.92 Å². The Balaban J connectivity index is 1.34. The predicted molar refractivity (Wildman–Crippen MR) is 116 cm³/mol. The highest BCUT2D eigenvalue weighted by Gasteiger charge is 2.31. The Morgan fingerprint density at radius 2 is 1.93 bits per heavy atom. The predicted octanol–water partition coefficient (Wildman–Crippen LogP) is 2.96. The van der Waals surface area contributed by atoms with Crippen molar-refractivity contribution in [3.8, 4) is 5.88 Å². The van der Waals surface area contributed by atoms with Crippen molar-refractivity contribution >= 4 is 39.1 Å². The molecular weight excluding hydrogens is 424 g/mol. The summed E-state index contributed by atoms with van der Waals surface area (Å²) in [6.07, 6.45) is 6.64. The van der Waals surface area contributed by atoms with Crippen LogP contribution < -0.4 is 10.5 Å². The number of ether oxygens (including phenoxy) is 2. The highest BCUT2D eigenvalue weighted by molar-refractivity contribution is 7.18. The third kappa shape index (κ3) is 4.02. The molecule has 0 aromatic carbocycles. The maximum Gasteiger partial charge on any atom is 0.227 e. The molecule has 3 aliphatic rings. The van der Waals surface area contributed by atoms with E-state index in [0.29, 0.717) is 18.3 Å². The van der Waals surface area contributed by atoms with Gasteiger partial charge in [0.15, 0.2) is 0 Å².